The quantitative estimate of drug-likeness (QED) is 0.435. The summed E-state index contributed by atoms with van der Waals surface area (Å²) in [6.45, 7) is 0.686. The number of hydrogen-bond donors (Lipinski definition) is 0. The van der Waals surface area contributed by atoms with Gasteiger partial charge in [0.05, 0.1) is 5.39 Å². The molecule has 4 aromatic rings. The fraction of sp³-hybridized carbons (Fsp3) is 0.280. The maximum Gasteiger partial charge on any atom is 0.262 e. The Balaban J connectivity index is 1.59. The minimum Gasteiger partial charge on any atom is -0.292 e. The van der Waals surface area contributed by atoms with Crippen LogP contribution in [0.4, 0.5) is 0 Å². The Morgan fingerprint density at radius 3 is 2.45 bits per heavy atom. The highest BCUT2D eigenvalue weighted by atomic mass is 32.1. The van der Waals surface area contributed by atoms with Crippen molar-refractivity contribution in [2.45, 2.75) is 45.1 Å². The molecule has 0 bridgehead atoms. The minimum absolute atomic E-state index is 0.140. The van der Waals surface area contributed by atoms with Gasteiger partial charge in [0.2, 0.25) is 0 Å². The molecule has 3 nitrogen and oxygen atoms in total. The normalized spacial score (nSPS) is 13.5. The summed E-state index contributed by atoms with van der Waals surface area (Å²) in [7, 11) is 0. The van der Waals surface area contributed by atoms with E-state index in [0.717, 1.165) is 47.3 Å². The van der Waals surface area contributed by atoms with Gasteiger partial charge in [-0.15, -0.1) is 11.3 Å². The van der Waals surface area contributed by atoms with E-state index in [9.17, 15) is 4.79 Å². The number of fused-ring (bicyclic) bond motifs is 3. The molecule has 2 aromatic carbocycles. The summed E-state index contributed by atoms with van der Waals surface area (Å²) >= 11 is 1.73. The van der Waals surface area contributed by atoms with Gasteiger partial charge in [-0.2, -0.15) is 0 Å². The van der Waals surface area contributed by atoms with Crippen LogP contribution in [0.5, 0.6) is 0 Å². The Hall–Kier alpha value is -2.72. The lowest BCUT2D eigenvalue weighted by Crippen LogP contribution is -2.24. The third-order valence-electron chi connectivity index (χ3n) is 5.80. The number of thiophene rings is 1. The Kier molecular flexibility index (Phi) is 5.03. The van der Waals surface area contributed by atoms with E-state index >= 15 is 0 Å². The van der Waals surface area contributed by atoms with Gasteiger partial charge in [0.15, 0.2) is 0 Å². The zero-order valence-corrected chi connectivity index (χ0v) is 17.3. The second-order valence-corrected chi connectivity index (χ2v) is 8.82. The summed E-state index contributed by atoms with van der Waals surface area (Å²) in [5, 5.41) is 0.879. The van der Waals surface area contributed by atoms with Crippen molar-refractivity contribution in [1.82, 2.24) is 9.55 Å². The summed E-state index contributed by atoms with van der Waals surface area (Å²) in [6, 6.07) is 20.6. The molecule has 1 aliphatic carbocycles. The van der Waals surface area contributed by atoms with Crippen LogP contribution in [0.25, 0.3) is 21.6 Å². The van der Waals surface area contributed by atoms with Crippen molar-refractivity contribution >= 4 is 21.6 Å². The fourth-order valence-corrected chi connectivity index (χ4v) is 5.59. The number of aromatic nitrogens is 2. The predicted octanol–water partition coefficient (Wildman–Crippen LogP) is 5.64. The number of aryl methyl sites for hydroxylation is 3. The van der Waals surface area contributed by atoms with Crippen LogP contribution in [0.2, 0.25) is 0 Å². The maximum atomic E-state index is 13.6. The SMILES string of the molecule is O=c1c2c3c(sc2nc(-c2ccccc2)n1CCCc1ccccc1)CCCC3. The van der Waals surface area contributed by atoms with Crippen LogP contribution in [0.3, 0.4) is 0 Å². The number of rotatable bonds is 5. The Bertz CT molecular complexity index is 1190. The van der Waals surface area contributed by atoms with Crippen molar-refractivity contribution in [2.75, 3.05) is 0 Å². The maximum absolute atomic E-state index is 13.6. The second kappa shape index (κ2) is 7.96. The topological polar surface area (TPSA) is 34.9 Å². The van der Waals surface area contributed by atoms with E-state index in [1.165, 1.54) is 28.8 Å². The van der Waals surface area contributed by atoms with Gasteiger partial charge < -0.3 is 0 Å². The molecule has 2 heterocycles. The molecule has 0 saturated heterocycles. The molecule has 146 valence electrons. The molecular formula is C25H24N2OS. The molecule has 0 fully saturated rings. The highest BCUT2D eigenvalue weighted by Crippen LogP contribution is 2.34. The van der Waals surface area contributed by atoms with Crippen LogP contribution in [0, 0.1) is 0 Å². The lowest BCUT2D eigenvalue weighted by molar-refractivity contribution is 0.623. The largest absolute Gasteiger partial charge is 0.292 e. The number of hydrogen-bond acceptors (Lipinski definition) is 3. The molecule has 0 aliphatic heterocycles. The Labute approximate surface area is 174 Å². The van der Waals surface area contributed by atoms with Crippen LogP contribution in [-0.4, -0.2) is 9.55 Å². The van der Waals surface area contributed by atoms with Gasteiger partial charge in [0.25, 0.3) is 5.56 Å². The Morgan fingerprint density at radius 1 is 0.931 bits per heavy atom. The zero-order chi connectivity index (χ0) is 19.6. The molecule has 0 spiro atoms. The van der Waals surface area contributed by atoms with Crippen molar-refractivity contribution < 1.29 is 0 Å². The van der Waals surface area contributed by atoms with Gasteiger partial charge in [0, 0.05) is 17.0 Å². The van der Waals surface area contributed by atoms with Gasteiger partial charge in [-0.3, -0.25) is 9.36 Å². The first kappa shape index (κ1) is 18.3. The van der Waals surface area contributed by atoms with Crippen molar-refractivity contribution in [2.24, 2.45) is 0 Å². The minimum atomic E-state index is 0.140. The van der Waals surface area contributed by atoms with E-state index in [2.05, 4.69) is 36.4 Å². The summed E-state index contributed by atoms with van der Waals surface area (Å²) < 4.78 is 1.92. The molecule has 5 rings (SSSR count). The third-order valence-corrected chi connectivity index (χ3v) is 6.98. The molecule has 2 aromatic heterocycles. The first-order chi connectivity index (χ1) is 14.3. The summed E-state index contributed by atoms with van der Waals surface area (Å²) in [4.78, 5) is 20.9. The lowest BCUT2D eigenvalue weighted by Gasteiger charge is -2.14. The lowest BCUT2D eigenvalue weighted by atomic mass is 9.97. The van der Waals surface area contributed by atoms with Crippen molar-refractivity contribution in [3.8, 4) is 11.4 Å². The standard InChI is InChI=1S/C25H24N2OS/c28-25-22-20-15-7-8-16-21(20)29-24(22)26-23(19-13-5-2-6-14-19)27(25)17-9-12-18-10-3-1-4-11-18/h1-6,10-11,13-14H,7-9,12,15-17H2. The van der Waals surface area contributed by atoms with E-state index in [-0.39, 0.29) is 5.56 Å². The molecule has 29 heavy (non-hydrogen) atoms. The first-order valence-corrected chi connectivity index (χ1v) is 11.3. The van der Waals surface area contributed by atoms with Crippen LogP contribution >= 0.6 is 11.3 Å². The predicted molar refractivity (Wildman–Crippen MR) is 121 cm³/mol. The van der Waals surface area contributed by atoms with Gasteiger partial charge in [-0.1, -0.05) is 60.7 Å². The van der Waals surface area contributed by atoms with Gasteiger partial charge >= 0.3 is 0 Å². The first-order valence-electron chi connectivity index (χ1n) is 10.5. The number of benzene rings is 2. The second-order valence-electron chi connectivity index (χ2n) is 7.74. The third kappa shape index (κ3) is 3.53. The van der Waals surface area contributed by atoms with E-state index < -0.39 is 0 Å². The molecular weight excluding hydrogens is 376 g/mol. The highest BCUT2D eigenvalue weighted by Gasteiger charge is 2.22. The van der Waals surface area contributed by atoms with Crippen LogP contribution in [0.1, 0.15) is 35.3 Å². The monoisotopic (exact) mass is 400 g/mol. The van der Waals surface area contributed by atoms with E-state index in [1.54, 1.807) is 11.3 Å². The van der Waals surface area contributed by atoms with Crippen molar-refractivity contribution in [3.63, 3.8) is 0 Å². The van der Waals surface area contributed by atoms with Crippen molar-refractivity contribution in [3.05, 3.63) is 87.0 Å². The van der Waals surface area contributed by atoms with Crippen molar-refractivity contribution in [1.29, 1.82) is 0 Å². The molecule has 0 saturated carbocycles. The number of nitrogens with zero attached hydrogens (tertiary/aromatic N) is 2. The Morgan fingerprint density at radius 2 is 1.66 bits per heavy atom. The average Bonchev–Trinajstić information content (AvgIpc) is 3.15. The van der Waals surface area contributed by atoms with E-state index in [4.69, 9.17) is 4.98 Å². The van der Waals surface area contributed by atoms with Crippen LogP contribution in [-0.2, 0) is 25.8 Å². The zero-order valence-electron chi connectivity index (χ0n) is 16.4. The van der Waals surface area contributed by atoms with E-state index in [1.807, 2.05) is 28.8 Å². The summed E-state index contributed by atoms with van der Waals surface area (Å²) in [6.07, 6.45) is 6.37. The molecule has 0 unspecified atom stereocenters. The summed E-state index contributed by atoms with van der Waals surface area (Å²) in [5.74, 6) is 0.801. The molecule has 0 N–H and O–H groups in total. The molecule has 1 aliphatic rings. The van der Waals surface area contributed by atoms with Crippen LogP contribution < -0.4 is 5.56 Å². The molecule has 4 heteroatoms. The fourth-order valence-electron chi connectivity index (χ4n) is 4.34. The van der Waals surface area contributed by atoms with E-state index in [0.29, 0.717) is 6.54 Å². The van der Waals surface area contributed by atoms with Gasteiger partial charge in [-0.25, -0.2) is 4.98 Å². The van der Waals surface area contributed by atoms with Crippen LogP contribution in [0.15, 0.2) is 65.5 Å². The summed E-state index contributed by atoms with van der Waals surface area (Å²) in [5.41, 5.74) is 3.73. The molecule has 0 radical (unpaired) electrons. The smallest absolute Gasteiger partial charge is 0.262 e. The molecule has 0 atom stereocenters. The average molecular weight is 401 g/mol. The van der Waals surface area contributed by atoms with Gasteiger partial charge in [0.1, 0.15) is 10.7 Å². The van der Waals surface area contributed by atoms with Gasteiger partial charge in [-0.05, 0) is 49.7 Å². The molecule has 0 amide bonds. The highest BCUT2D eigenvalue weighted by molar-refractivity contribution is 7.18.